The van der Waals surface area contributed by atoms with Crippen LogP contribution in [0.4, 0.5) is 5.69 Å². The van der Waals surface area contributed by atoms with Crippen molar-refractivity contribution < 1.29 is 22.4 Å². The SMILES string of the molecule is COc1ccc2oc(=O)cc(CC(=O)Nc3cccc(S(N)(=O)=O)c3)c2c1. The van der Waals surface area contributed by atoms with Gasteiger partial charge in [0.25, 0.3) is 0 Å². The summed E-state index contributed by atoms with van der Waals surface area (Å²) in [6.45, 7) is 0. The molecule has 0 fully saturated rings. The van der Waals surface area contributed by atoms with Crippen LogP contribution in [0.5, 0.6) is 5.75 Å². The summed E-state index contributed by atoms with van der Waals surface area (Å²) >= 11 is 0. The number of ether oxygens (including phenoxy) is 1. The van der Waals surface area contributed by atoms with E-state index in [2.05, 4.69) is 5.32 Å². The third-order valence-corrected chi connectivity index (χ3v) is 4.74. The van der Waals surface area contributed by atoms with E-state index in [-0.39, 0.29) is 17.0 Å². The fraction of sp³-hybridized carbons (Fsp3) is 0.111. The zero-order valence-corrected chi connectivity index (χ0v) is 15.1. The number of primary sulfonamides is 1. The molecule has 1 amide bonds. The van der Waals surface area contributed by atoms with Crippen molar-refractivity contribution in [2.45, 2.75) is 11.3 Å². The Hall–Kier alpha value is -3.17. The predicted molar refractivity (Wildman–Crippen MR) is 99.2 cm³/mol. The lowest BCUT2D eigenvalue weighted by Gasteiger charge is -2.09. The maximum atomic E-state index is 12.4. The number of hydrogen-bond acceptors (Lipinski definition) is 6. The van der Waals surface area contributed by atoms with E-state index in [9.17, 15) is 18.0 Å². The molecule has 9 heteroatoms. The Morgan fingerprint density at radius 2 is 1.96 bits per heavy atom. The second kappa shape index (κ2) is 7.22. The molecule has 0 aliphatic rings. The van der Waals surface area contributed by atoms with Gasteiger partial charge in [0.15, 0.2) is 0 Å². The molecule has 3 rings (SSSR count). The highest BCUT2D eigenvalue weighted by atomic mass is 32.2. The summed E-state index contributed by atoms with van der Waals surface area (Å²) in [7, 11) is -2.38. The Balaban J connectivity index is 1.89. The predicted octanol–water partition coefficient (Wildman–Crippen LogP) is 1.63. The van der Waals surface area contributed by atoms with Crippen LogP contribution < -0.4 is 20.8 Å². The maximum Gasteiger partial charge on any atom is 0.336 e. The third-order valence-electron chi connectivity index (χ3n) is 3.83. The van der Waals surface area contributed by atoms with Crippen molar-refractivity contribution >= 4 is 32.6 Å². The first-order chi connectivity index (χ1) is 12.8. The van der Waals surface area contributed by atoms with Crippen molar-refractivity contribution in [3.05, 3.63) is 64.5 Å². The largest absolute Gasteiger partial charge is 0.497 e. The highest BCUT2D eigenvalue weighted by Gasteiger charge is 2.13. The normalized spacial score (nSPS) is 11.3. The molecule has 1 heterocycles. The number of methoxy groups -OCH3 is 1. The van der Waals surface area contributed by atoms with Crippen LogP contribution in [0.15, 0.2) is 62.6 Å². The minimum Gasteiger partial charge on any atom is -0.497 e. The Labute approximate surface area is 154 Å². The summed E-state index contributed by atoms with van der Waals surface area (Å²) in [5, 5.41) is 8.25. The number of nitrogens with two attached hydrogens (primary N) is 1. The first kappa shape index (κ1) is 18.6. The average molecular weight is 388 g/mol. The molecule has 3 aromatic rings. The minimum absolute atomic E-state index is 0.115. The van der Waals surface area contributed by atoms with Gasteiger partial charge in [0.05, 0.1) is 18.4 Å². The van der Waals surface area contributed by atoms with E-state index in [0.29, 0.717) is 22.3 Å². The molecule has 140 valence electrons. The molecule has 0 atom stereocenters. The van der Waals surface area contributed by atoms with Crippen LogP contribution in [-0.2, 0) is 21.2 Å². The first-order valence-electron chi connectivity index (χ1n) is 7.80. The molecule has 0 radical (unpaired) electrons. The first-order valence-corrected chi connectivity index (χ1v) is 9.34. The fourth-order valence-electron chi connectivity index (χ4n) is 2.61. The van der Waals surface area contributed by atoms with Crippen molar-refractivity contribution in [1.82, 2.24) is 0 Å². The van der Waals surface area contributed by atoms with E-state index in [1.165, 1.54) is 37.4 Å². The topological polar surface area (TPSA) is 129 Å². The Morgan fingerprint density at radius 3 is 2.67 bits per heavy atom. The van der Waals surface area contributed by atoms with Crippen LogP contribution in [-0.4, -0.2) is 21.4 Å². The van der Waals surface area contributed by atoms with E-state index >= 15 is 0 Å². The third kappa shape index (κ3) is 4.33. The molecule has 1 aromatic heterocycles. The lowest BCUT2D eigenvalue weighted by molar-refractivity contribution is -0.115. The summed E-state index contributed by atoms with van der Waals surface area (Å²) in [6, 6.07) is 11.7. The molecule has 0 aliphatic carbocycles. The number of rotatable bonds is 5. The van der Waals surface area contributed by atoms with Crippen LogP contribution in [0, 0.1) is 0 Å². The summed E-state index contributed by atoms with van der Waals surface area (Å²) < 4.78 is 33.1. The standard InChI is InChI=1S/C18H16N2O6S/c1-25-13-5-6-16-15(10-13)11(8-18(22)26-16)7-17(21)20-12-3-2-4-14(9-12)27(19,23)24/h2-6,8-10H,7H2,1H3,(H,20,21)(H2,19,23,24). The van der Waals surface area contributed by atoms with Gasteiger partial charge in [0.1, 0.15) is 11.3 Å². The quantitative estimate of drug-likeness (QED) is 0.639. The lowest BCUT2D eigenvalue weighted by Crippen LogP contribution is -2.17. The van der Waals surface area contributed by atoms with Gasteiger partial charge in [-0.05, 0) is 42.0 Å². The van der Waals surface area contributed by atoms with Crippen LogP contribution in [0.2, 0.25) is 0 Å². The number of anilines is 1. The number of amides is 1. The van der Waals surface area contributed by atoms with Crippen LogP contribution in [0.25, 0.3) is 11.0 Å². The van der Waals surface area contributed by atoms with Crippen LogP contribution >= 0.6 is 0 Å². The van der Waals surface area contributed by atoms with Crippen LogP contribution in [0.3, 0.4) is 0 Å². The number of carbonyl (C=O) groups is 1. The highest BCUT2D eigenvalue weighted by molar-refractivity contribution is 7.89. The van der Waals surface area contributed by atoms with Gasteiger partial charge in [-0.25, -0.2) is 18.4 Å². The van der Waals surface area contributed by atoms with Crippen molar-refractivity contribution in [3.63, 3.8) is 0 Å². The number of fused-ring (bicyclic) bond motifs is 1. The van der Waals surface area contributed by atoms with Crippen LogP contribution in [0.1, 0.15) is 5.56 Å². The molecule has 0 bridgehead atoms. The molecule has 3 N–H and O–H groups in total. The molecular weight excluding hydrogens is 372 g/mol. The number of sulfonamides is 1. The second-order valence-corrected chi connectivity index (χ2v) is 7.31. The van der Waals surface area contributed by atoms with Gasteiger partial charge in [-0.2, -0.15) is 0 Å². The molecule has 2 aromatic carbocycles. The zero-order chi connectivity index (χ0) is 19.6. The molecule has 8 nitrogen and oxygen atoms in total. The summed E-state index contributed by atoms with van der Waals surface area (Å²) in [4.78, 5) is 24.0. The van der Waals surface area contributed by atoms with E-state index < -0.39 is 21.6 Å². The van der Waals surface area contributed by atoms with E-state index in [1.54, 1.807) is 18.2 Å². The number of carbonyl (C=O) groups excluding carboxylic acids is 1. The molecule has 0 saturated heterocycles. The summed E-state index contributed by atoms with van der Waals surface area (Å²) in [5.74, 6) is 0.121. The molecule has 0 saturated carbocycles. The van der Waals surface area contributed by atoms with Gasteiger partial charge in [-0.15, -0.1) is 0 Å². The van der Waals surface area contributed by atoms with E-state index in [4.69, 9.17) is 14.3 Å². The van der Waals surface area contributed by atoms with Crippen molar-refractivity contribution in [1.29, 1.82) is 0 Å². The number of hydrogen-bond donors (Lipinski definition) is 2. The maximum absolute atomic E-state index is 12.4. The highest BCUT2D eigenvalue weighted by Crippen LogP contribution is 2.23. The van der Waals surface area contributed by atoms with E-state index in [0.717, 1.165) is 0 Å². The van der Waals surface area contributed by atoms with E-state index in [1.807, 2.05) is 0 Å². The van der Waals surface area contributed by atoms with Crippen molar-refractivity contribution in [3.8, 4) is 5.75 Å². The number of benzene rings is 2. The Morgan fingerprint density at radius 1 is 1.19 bits per heavy atom. The fourth-order valence-corrected chi connectivity index (χ4v) is 3.17. The van der Waals surface area contributed by atoms with Gasteiger partial charge in [-0.3, -0.25) is 4.79 Å². The lowest BCUT2D eigenvalue weighted by atomic mass is 10.1. The van der Waals surface area contributed by atoms with Crippen molar-refractivity contribution in [2.24, 2.45) is 5.14 Å². The molecule has 0 aliphatic heterocycles. The molecular formula is C18H16N2O6S. The molecule has 27 heavy (non-hydrogen) atoms. The van der Waals surface area contributed by atoms with Gasteiger partial charge in [0, 0.05) is 17.1 Å². The van der Waals surface area contributed by atoms with Crippen molar-refractivity contribution in [2.75, 3.05) is 12.4 Å². The van der Waals surface area contributed by atoms with Gasteiger partial charge in [-0.1, -0.05) is 6.07 Å². The summed E-state index contributed by atoms with van der Waals surface area (Å²) in [6.07, 6.45) is -0.116. The summed E-state index contributed by atoms with van der Waals surface area (Å²) in [5.41, 5.74) is 0.491. The smallest absolute Gasteiger partial charge is 0.336 e. The second-order valence-electron chi connectivity index (χ2n) is 5.75. The number of nitrogens with one attached hydrogen (secondary N) is 1. The zero-order valence-electron chi connectivity index (χ0n) is 14.3. The molecule has 0 unspecified atom stereocenters. The minimum atomic E-state index is -3.88. The Bertz CT molecular complexity index is 1180. The monoisotopic (exact) mass is 388 g/mol. The average Bonchev–Trinajstić information content (AvgIpc) is 2.60. The Kier molecular flexibility index (Phi) is 4.98. The van der Waals surface area contributed by atoms with Gasteiger partial charge >= 0.3 is 5.63 Å². The molecule has 0 spiro atoms. The van der Waals surface area contributed by atoms with Gasteiger partial charge in [0.2, 0.25) is 15.9 Å². The van der Waals surface area contributed by atoms with Gasteiger partial charge < -0.3 is 14.5 Å².